The molecule has 0 aliphatic rings. The van der Waals surface area contributed by atoms with Gasteiger partial charge in [-0.25, -0.2) is 4.99 Å². The van der Waals surface area contributed by atoms with Crippen molar-refractivity contribution in [2.75, 3.05) is 0 Å². The van der Waals surface area contributed by atoms with Crippen molar-refractivity contribution in [1.29, 1.82) is 0 Å². The van der Waals surface area contributed by atoms with Crippen LogP contribution in [-0.4, -0.2) is 22.2 Å². The summed E-state index contributed by atoms with van der Waals surface area (Å²) in [5, 5.41) is 14.5. The van der Waals surface area contributed by atoms with E-state index in [4.69, 9.17) is 55.7 Å². The minimum atomic E-state index is -1.50. The Kier molecular flexibility index (Phi) is 7.00. The van der Waals surface area contributed by atoms with E-state index < -0.39 is 5.09 Å². The molecule has 7 N–H and O–H groups in total. The molecule has 0 bridgehead atoms. The van der Waals surface area contributed by atoms with Crippen LogP contribution in [0.2, 0.25) is 10.0 Å². The van der Waals surface area contributed by atoms with Gasteiger partial charge in [-0.2, -0.15) is 4.99 Å². The molecule has 0 heterocycles. The number of hydrogen-bond acceptors (Lipinski definition) is 3. The highest BCUT2D eigenvalue weighted by molar-refractivity contribution is 6.42. The second kappa shape index (κ2) is 7.95. The summed E-state index contributed by atoms with van der Waals surface area (Å²) in [5.41, 5.74) is 16.2. The van der Waals surface area contributed by atoms with Crippen molar-refractivity contribution >= 4 is 40.8 Å². The normalized spacial score (nSPS) is 10.1. The number of nitrogens with two attached hydrogens (primary N) is 3. The molecule has 19 heavy (non-hydrogen) atoms. The van der Waals surface area contributed by atoms with Crippen molar-refractivity contribution in [3.63, 3.8) is 0 Å². The Morgan fingerprint density at radius 3 is 2.21 bits per heavy atom. The summed E-state index contributed by atoms with van der Waals surface area (Å²) in [6, 6.07) is 4.80. The van der Waals surface area contributed by atoms with E-state index in [1.807, 2.05) is 0 Å². The van der Waals surface area contributed by atoms with E-state index in [0.717, 1.165) is 0 Å². The first-order valence-electron chi connectivity index (χ1n) is 4.44. The average molecular weight is 309 g/mol. The molecule has 9 nitrogen and oxygen atoms in total. The first kappa shape index (κ1) is 16.7. The minimum absolute atomic E-state index is 0.0478. The minimum Gasteiger partial charge on any atom is -0.370 e. The fourth-order valence-electron chi connectivity index (χ4n) is 0.844. The zero-order chi connectivity index (χ0) is 15.0. The quantitative estimate of drug-likeness (QED) is 0.260. The summed E-state index contributed by atoms with van der Waals surface area (Å²) < 4.78 is 0. The first-order valence-corrected chi connectivity index (χ1v) is 5.20. The van der Waals surface area contributed by atoms with Crippen molar-refractivity contribution in [3.8, 4) is 0 Å². The Bertz CT molecular complexity index is 511. The Balaban J connectivity index is 0.000000711. The Morgan fingerprint density at radius 1 is 1.26 bits per heavy atom. The number of nitrogens with zero attached hydrogens (tertiary/aromatic N) is 3. The monoisotopic (exact) mass is 308 g/mol. The number of guanidine groups is 2. The summed E-state index contributed by atoms with van der Waals surface area (Å²) in [6.07, 6.45) is 0. The van der Waals surface area contributed by atoms with Crippen LogP contribution in [0.3, 0.4) is 0 Å². The molecule has 1 rings (SSSR count). The maximum atomic E-state index is 8.36. The molecule has 0 aromatic heterocycles. The van der Waals surface area contributed by atoms with Crippen LogP contribution in [0.5, 0.6) is 0 Å². The van der Waals surface area contributed by atoms with Gasteiger partial charge in [0.2, 0.25) is 5.96 Å². The van der Waals surface area contributed by atoms with E-state index >= 15 is 0 Å². The molecule has 1 aromatic carbocycles. The van der Waals surface area contributed by atoms with Crippen LogP contribution < -0.4 is 17.2 Å². The predicted octanol–water partition coefficient (Wildman–Crippen LogP) is 0.865. The van der Waals surface area contributed by atoms with Gasteiger partial charge >= 0.3 is 0 Å². The maximum absolute atomic E-state index is 8.36. The molecule has 0 saturated carbocycles. The highest BCUT2D eigenvalue weighted by atomic mass is 35.5. The maximum Gasteiger partial charge on any atom is 0.291 e. The van der Waals surface area contributed by atoms with Gasteiger partial charge in [-0.05, 0) is 18.2 Å². The zero-order valence-corrected chi connectivity index (χ0v) is 10.8. The molecular weight excluding hydrogens is 299 g/mol. The van der Waals surface area contributed by atoms with Gasteiger partial charge in [0.15, 0.2) is 5.96 Å². The van der Waals surface area contributed by atoms with Crippen LogP contribution in [0.1, 0.15) is 0 Å². The van der Waals surface area contributed by atoms with Crippen molar-refractivity contribution < 1.29 is 10.3 Å². The Labute approximate surface area is 117 Å². The van der Waals surface area contributed by atoms with Gasteiger partial charge in [-0.1, -0.05) is 23.2 Å². The second-order valence-corrected chi connectivity index (χ2v) is 3.66. The molecule has 0 aliphatic carbocycles. The molecule has 0 aliphatic heterocycles. The molecule has 11 heteroatoms. The van der Waals surface area contributed by atoms with Crippen LogP contribution in [0.4, 0.5) is 5.69 Å². The van der Waals surface area contributed by atoms with Gasteiger partial charge in [0.25, 0.3) is 5.09 Å². The van der Waals surface area contributed by atoms with E-state index in [9.17, 15) is 0 Å². The van der Waals surface area contributed by atoms with Crippen LogP contribution in [0.15, 0.2) is 28.2 Å². The van der Waals surface area contributed by atoms with Gasteiger partial charge < -0.3 is 22.4 Å². The predicted molar refractivity (Wildman–Crippen MR) is 72.3 cm³/mol. The number of rotatable bonds is 1. The van der Waals surface area contributed by atoms with E-state index in [1.54, 1.807) is 18.2 Å². The zero-order valence-electron chi connectivity index (χ0n) is 9.33. The molecule has 1 aromatic rings. The second-order valence-electron chi connectivity index (χ2n) is 2.84. The third kappa shape index (κ3) is 8.46. The molecule has 0 unspecified atom stereocenters. The van der Waals surface area contributed by atoms with E-state index in [-0.39, 0.29) is 11.9 Å². The molecule has 104 valence electrons. The van der Waals surface area contributed by atoms with Gasteiger partial charge in [0.05, 0.1) is 15.7 Å². The highest BCUT2D eigenvalue weighted by Crippen LogP contribution is 2.26. The largest absolute Gasteiger partial charge is 0.370 e. The fourth-order valence-corrected chi connectivity index (χ4v) is 1.14. The molecule has 0 saturated heterocycles. The van der Waals surface area contributed by atoms with Crippen molar-refractivity contribution in [2.45, 2.75) is 0 Å². The van der Waals surface area contributed by atoms with Gasteiger partial charge in [-0.15, -0.1) is 10.1 Å². The van der Waals surface area contributed by atoms with Crippen molar-refractivity contribution in [2.24, 2.45) is 27.2 Å². The summed E-state index contributed by atoms with van der Waals surface area (Å²) >= 11 is 11.5. The average Bonchev–Trinajstić information content (AvgIpc) is 2.21. The summed E-state index contributed by atoms with van der Waals surface area (Å²) in [7, 11) is 0. The molecule has 0 spiro atoms. The topological polar surface area (TPSA) is 166 Å². The van der Waals surface area contributed by atoms with E-state index in [1.165, 1.54) is 0 Å². The smallest absolute Gasteiger partial charge is 0.291 e. The standard InChI is InChI=1S/C8H9Cl2N5.HNO3/c9-5-2-1-4(3-6(5)10)14-8(13)15-7(11)12;2-1(3)4/h1-3H,(H6,11,12,13,14,15);(H,2,3,4). The van der Waals surface area contributed by atoms with Crippen LogP contribution in [0, 0.1) is 10.1 Å². The molecule has 0 amide bonds. The van der Waals surface area contributed by atoms with Crippen molar-refractivity contribution in [3.05, 3.63) is 38.4 Å². The number of halogens is 2. The van der Waals surface area contributed by atoms with E-state index in [2.05, 4.69) is 9.98 Å². The first-order chi connectivity index (χ1) is 8.72. The van der Waals surface area contributed by atoms with Gasteiger partial charge in [0, 0.05) is 0 Å². The lowest BCUT2D eigenvalue weighted by molar-refractivity contribution is -0.742. The van der Waals surface area contributed by atoms with Crippen LogP contribution >= 0.6 is 23.2 Å². The summed E-state index contributed by atoms with van der Waals surface area (Å²) in [5.74, 6) is -0.204. The Hall–Kier alpha value is -2.26. The third-order valence-electron chi connectivity index (χ3n) is 1.39. The number of benzene rings is 1. The molecule has 0 fully saturated rings. The molecule has 0 radical (unpaired) electrons. The number of hydrogen-bond donors (Lipinski definition) is 4. The lowest BCUT2D eigenvalue weighted by Gasteiger charge is -1.98. The highest BCUT2D eigenvalue weighted by Gasteiger charge is 1.98. The van der Waals surface area contributed by atoms with Crippen LogP contribution in [-0.2, 0) is 0 Å². The Morgan fingerprint density at radius 2 is 1.79 bits per heavy atom. The van der Waals surface area contributed by atoms with Gasteiger partial charge in [0.1, 0.15) is 0 Å². The van der Waals surface area contributed by atoms with Crippen LogP contribution in [0.25, 0.3) is 0 Å². The SMILES string of the molecule is NC(N)=NC(N)=Nc1ccc(Cl)c(Cl)c1.O=[N+]([O-])O. The van der Waals surface area contributed by atoms with E-state index in [0.29, 0.717) is 15.7 Å². The lowest BCUT2D eigenvalue weighted by Crippen LogP contribution is -2.26. The van der Waals surface area contributed by atoms with Gasteiger partial charge in [-0.3, -0.25) is 0 Å². The van der Waals surface area contributed by atoms with Crippen molar-refractivity contribution in [1.82, 2.24) is 0 Å². The molecule has 0 atom stereocenters. The lowest BCUT2D eigenvalue weighted by atomic mass is 10.3. The molecular formula is C8H10Cl2N6O3. The third-order valence-corrected chi connectivity index (χ3v) is 2.13. The summed E-state index contributed by atoms with van der Waals surface area (Å²) in [6.45, 7) is 0. The fraction of sp³-hybridized carbons (Fsp3) is 0. The summed E-state index contributed by atoms with van der Waals surface area (Å²) in [4.78, 5) is 15.8. The number of aliphatic imine (C=N–C) groups is 2.